The number of H-pyrrole nitrogens is 2. The summed E-state index contributed by atoms with van der Waals surface area (Å²) in [7, 11) is 0. The average Bonchev–Trinajstić information content (AvgIpc) is 3.09. The number of amides is 2. The molecule has 132 valence electrons. The van der Waals surface area contributed by atoms with Crippen LogP contribution in [0.25, 0.3) is 0 Å². The minimum Gasteiger partial charge on any atom is -0.344 e. The predicted molar refractivity (Wildman–Crippen MR) is 86.7 cm³/mol. The molecule has 1 unspecified atom stereocenters. The van der Waals surface area contributed by atoms with Crippen molar-refractivity contribution < 1.29 is 14.0 Å². The fourth-order valence-electron chi connectivity index (χ4n) is 2.96. The largest absolute Gasteiger partial charge is 0.344 e. The van der Waals surface area contributed by atoms with Crippen LogP contribution < -0.4 is 11.0 Å². The van der Waals surface area contributed by atoms with Crippen molar-refractivity contribution in [3.8, 4) is 0 Å². The molecule has 2 aromatic rings. The molecular weight excluding hydrogens is 329 g/mol. The van der Waals surface area contributed by atoms with Gasteiger partial charge in [0.05, 0.1) is 5.54 Å². The maximum atomic E-state index is 13.7. The summed E-state index contributed by atoms with van der Waals surface area (Å²) < 4.78 is 13.7. The van der Waals surface area contributed by atoms with Crippen LogP contribution in [0.5, 0.6) is 0 Å². The van der Waals surface area contributed by atoms with Crippen LogP contribution in [0.4, 0.5) is 4.39 Å². The summed E-state index contributed by atoms with van der Waals surface area (Å²) >= 11 is 0. The van der Waals surface area contributed by atoms with Crippen LogP contribution in [0.15, 0.2) is 23.1 Å². The van der Waals surface area contributed by atoms with E-state index in [1.807, 2.05) is 0 Å². The summed E-state index contributed by atoms with van der Waals surface area (Å²) in [5, 5.41) is 2.84. The number of hydrogen-bond acceptors (Lipinski definition) is 4. The van der Waals surface area contributed by atoms with Gasteiger partial charge in [0, 0.05) is 25.0 Å². The Bertz CT molecular complexity index is 890. The molecule has 3 heterocycles. The molecule has 1 atom stereocenters. The standard InChI is InChI=1S/C16H18FN5O3/c1-9-11(20-15(25)19-9)13(23)21-16(2)5-7-22(8-16)14(24)12-10(17)4-3-6-18-12/h3-4,6H,5,7-8H2,1-2H3,(H,21,23)(H2,19,20,25). The number of pyridine rings is 1. The smallest absolute Gasteiger partial charge is 0.323 e. The second-order valence-corrected chi connectivity index (χ2v) is 6.40. The van der Waals surface area contributed by atoms with Gasteiger partial charge in [-0.2, -0.15) is 0 Å². The summed E-state index contributed by atoms with van der Waals surface area (Å²) in [5.41, 5.74) is -0.775. The number of nitrogens with one attached hydrogen (secondary N) is 3. The van der Waals surface area contributed by atoms with E-state index in [-0.39, 0.29) is 17.9 Å². The number of rotatable bonds is 3. The molecule has 0 aliphatic carbocycles. The highest BCUT2D eigenvalue weighted by molar-refractivity contribution is 5.95. The van der Waals surface area contributed by atoms with Gasteiger partial charge in [-0.25, -0.2) is 14.2 Å². The molecule has 0 bridgehead atoms. The Kier molecular flexibility index (Phi) is 4.15. The number of carbonyl (C=O) groups is 2. The summed E-state index contributed by atoms with van der Waals surface area (Å²) in [6.07, 6.45) is 1.87. The molecule has 0 radical (unpaired) electrons. The lowest BCUT2D eigenvalue weighted by Gasteiger charge is -2.26. The molecule has 0 aromatic carbocycles. The van der Waals surface area contributed by atoms with E-state index in [1.165, 1.54) is 23.2 Å². The van der Waals surface area contributed by atoms with Crippen molar-refractivity contribution in [2.75, 3.05) is 13.1 Å². The van der Waals surface area contributed by atoms with E-state index in [2.05, 4.69) is 20.3 Å². The second kappa shape index (κ2) is 6.15. The minimum atomic E-state index is -0.682. The number of imidazole rings is 1. The maximum absolute atomic E-state index is 13.7. The lowest BCUT2D eigenvalue weighted by Crippen LogP contribution is -2.49. The van der Waals surface area contributed by atoms with Crippen LogP contribution in [-0.2, 0) is 0 Å². The van der Waals surface area contributed by atoms with Crippen molar-refractivity contribution >= 4 is 11.8 Å². The van der Waals surface area contributed by atoms with Crippen LogP contribution in [0.3, 0.4) is 0 Å². The Hall–Kier alpha value is -2.97. The van der Waals surface area contributed by atoms with Crippen molar-refractivity contribution in [1.29, 1.82) is 0 Å². The van der Waals surface area contributed by atoms with E-state index in [0.29, 0.717) is 18.7 Å². The van der Waals surface area contributed by atoms with E-state index < -0.39 is 28.9 Å². The molecule has 3 N–H and O–H groups in total. The summed E-state index contributed by atoms with van der Waals surface area (Å²) in [6.45, 7) is 4.01. The normalized spacial score (nSPS) is 19.9. The van der Waals surface area contributed by atoms with Gasteiger partial charge in [-0.1, -0.05) is 0 Å². The molecule has 25 heavy (non-hydrogen) atoms. The molecule has 8 nitrogen and oxygen atoms in total. The first-order valence-corrected chi connectivity index (χ1v) is 7.80. The number of aromatic amines is 2. The van der Waals surface area contributed by atoms with Crippen LogP contribution in [-0.4, -0.2) is 50.3 Å². The van der Waals surface area contributed by atoms with Gasteiger partial charge in [-0.05, 0) is 32.4 Å². The number of likely N-dealkylation sites (tertiary alicyclic amines) is 1. The van der Waals surface area contributed by atoms with Crippen LogP contribution in [0.2, 0.25) is 0 Å². The molecule has 0 spiro atoms. The zero-order valence-corrected chi connectivity index (χ0v) is 13.9. The number of nitrogens with zero attached hydrogens (tertiary/aromatic N) is 2. The Labute approximate surface area is 142 Å². The van der Waals surface area contributed by atoms with E-state index >= 15 is 0 Å². The van der Waals surface area contributed by atoms with Gasteiger partial charge >= 0.3 is 5.69 Å². The summed E-state index contributed by atoms with van der Waals surface area (Å²) in [5.74, 6) is -1.62. The third-order valence-electron chi connectivity index (χ3n) is 4.28. The van der Waals surface area contributed by atoms with Gasteiger partial charge < -0.3 is 20.2 Å². The van der Waals surface area contributed by atoms with Gasteiger partial charge in [0.15, 0.2) is 11.5 Å². The first-order valence-electron chi connectivity index (χ1n) is 7.80. The molecule has 2 aromatic heterocycles. The second-order valence-electron chi connectivity index (χ2n) is 6.40. The Balaban J connectivity index is 1.72. The van der Waals surface area contributed by atoms with Gasteiger partial charge in [0.25, 0.3) is 11.8 Å². The van der Waals surface area contributed by atoms with Gasteiger partial charge in [-0.15, -0.1) is 0 Å². The van der Waals surface area contributed by atoms with E-state index in [9.17, 15) is 18.8 Å². The fourth-order valence-corrected chi connectivity index (χ4v) is 2.96. The van der Waals surface area contributed by atoms with E-state index in [4.69, 9.17) is 0 Å². The molecule has 1 aliphatic heterocycles. The highest BCUT2D eigenvalue weighted by Crippen LogP contribution is 2.23. The van der Waals surface area contributed by atoms with Crippen molar-refractivity contribution in [3.63, 3.8) is 0 Å². The minimum absolute atomic E-state index is 0.159. The maximum Gasteiger partial charge on any atom is 0.323 e. The van der Waals surface area contributed by atoms with E-state index in [1.54, 1.807) is 13.8 Å². The van der Waals surface area contributed by atoms with Crippen molar-refractivity contribution in [2.45, 2.75) is 25.8 Å². The SMILES string of the molecule is Cc1[nH]c(=O)[nH]c1C(=O)NC1(C)CCN(C(=O)c2ncccc2F)C1. The molecule has 3 rings (SSSR count). The Morgan fingerprint density at radius 2 is 2.16 bits per heavy atom. The zero-order chi connectivity index (χ0) is 18.2. The number of halogens is 1. The number of aromatic nitrogens is 3. The molecule has 1 saturated heterocycles. The van der Waals surface area contributed by atoms with Crippen molar-refractivity contribution in [3.05, 3.63) is 51.7 Å². The molecule has 1 fully saturated rings. The number of hydrogen-bond donors (Lipinski definition) is 3. The first-order chi connectivity index (χ1) is 11.8. The first kappa shape index (κ1) is 16.9. The molecule has 2 amide bonds. The lowest BCUT2D eigenvalue weighted by atomic mass is 10.0. The van der Waals surface area contributed by atoms with Crippen LogP contribution in [0.1, 0.15) is 40.0 Å². The van der Waals surface area contributed by atoms with Gasteiger partial charge in [0.2, 0.25) is 0 Å². The van der Waals surface area contributed by atoms with Gasteiger partial charge in [-0.3, -0.25) is 9.59 Å². The highest BCUT2D eigenvalue weighted by Gasteiger charge is 2.39. The number of aryl methyl sites for hydroxylation is 1. The molecule has 0 saturated carbocycles. The fraction of sp³-hybridized carbons (Fsp3) is 0.375. The van der Waals surface area contributed by atoms with Crippen molar-refractivity contribution in [2.24, 2.45) is 0 Å². The lowest BCUT2D eigenvalue weighted by molar-refractivity contribution is 0.0758. The monoisotopic (exact) mass is 347 g/mol. The third-order valence-corrected chi connectivity index (χ3v) is 4.28. The summed E-state index contributed by atoms with van der Waals surface area (Å²) in [4.78, 5) is 46.3. The van der Waals surface area contributed by atoms with Gasteiger partial charge in [0.1, 0.15) is 5.69 Å². The molecule has 1 aliphatic rings. The number of carbonyl (C=O) groups excluding carboxylic acids is 2. The third kappa shape index (κ3) is 3.30. The van der Waals surface area contributed by atoms with Crippen LogP contribution in [0, 0.1) is 12.7 Å². The molecule has 9 heteroatoms. The Morgan fingerprint density at radius 1 is 1.40 bits per heavy atom. The van der Waals surface area contributed by atoms with Crippen LogP contribution >= 0.6 is 0 Å². The predicted octanol–water partition coefficient (Wildman–Crippen LogP) is 0.580. The molecular formula is C16H18FN5O3. The van der Waals surface area contributed by atoms with E-state index in [0.717, 1.165) is 0 Å². The topological polar surface area (TPSA) is 111 Å². The zero-order valence-electron chi connectivity index (χ0n) is 13.9. The average molecular weight is 347 g/mol. The van der Waals surface area contributed by atoms with Crippen molar-refractivity contribution in [1.82, 2.24) is 25.2 Å². The summed E-state index contributed by atoms with van der Waals surface area (Å²) in [6, 6.07) is 2.60. The quantitative estimate of drug-likeness (QED) is 0.754. The Morgan fingerprint density at radius 3 is 2.80 bits per heavy atom. The highest BCUT2D eigenvalue weighted by atomic mass is 19.1.